The summed E-state index contributed by atoms with van der Waals surface area (Å²) in [4.78, 5) is 35.1. The number of amides is 3. The van der Waals surface area contributed by atoms with Crippen molar-refractivity contribution in [1.82, 2.24) is 10.2 Å². The van der Waals surface area contributed by atoms with Crippen molar-refractivity contribution in [3.8, 4) is 0 Å². The molecular weight excluding hydrogens is 210 g/mol. The minimum absolute atomic E-state index is 0.0306. The summed E-state index contributed by atoms with van der Waals surface area (Å²) in [5, 5.41) is 2.80. The van der Waals surface area contributed by atoms with E-state index in [2.05, 4.69) is 5.32 Å². The van der Waals surface area contributed by atoms with Crippen LogP contribution in [0, 0.1) is 5.92 Å². The SMILES string of the molecule is NC(=O)C1CC(=O)N(C[C@H]2CCC(=O)N2)C1. The molecule has 0 aromatic carbocycles. The maximum absolute atomic E-state index is 11.6. The highest BCUT2D eigenvalue weighted by Gasteiger charge is 2.35. The Hall–Kier alpha value is -1.59. The molecule has 0 saturated carbocycles. The van der Waals surface area contributed by atoms with E-state index in [9.17, 15) is 14.4 Å². The zero-order chi connectivity index (χ0) is 11.7. The first-order valence-electron chi connectivity index (χ1n) is 5.42. The third kappa shape index (κ3) is 2.15. The van der Waals surface area contributed by atoms with Gasteiger partial charge in [0.05, 0.1) is 5.92 Å². The smallest absolute Gasteiger partial charge is 0.223 e. The predicted molar refractivity (Wildman–Crippen MR) is 55.0 cm³/mol. The van der Waals surface area contributed by atoms with Crippen molar-refractivity contribution in [2.24, 2.45) is 11.7 Å². The van der Waals surface area contributed by atoms with Crippen molar-refractivity contribution in [2.75, 3.05) is 13.1 Å². The van der Waals surface area contributed by atoms with Crippen LogP contribution in [0.25, 0.3) is 0 Å². The Morgan fingerprint density at radius 3 is 2.75 bits per heavy atom. The fraction of sp³-hybridized carbons (Fsp3) is 0.700. The van der Waals surface area contributed by atoms with Crippen LogP contribution in [0.2, 0.25) is 0 Å². The number of nitrogens with two attached hydrogens (primary N) is 1. The van der Waals surface area contributed by atoms with E-state index in [1.807, 2.05) is 0 Å². The zero-order valence-corrected chi connectivity index (χ0v) is 8.94. The first kappa shape index (κ1) is 10.9. The van der Waals surface area contributed by atoms with Crippen LogP contribution in [0.4, 0.5) is 0 Å². The van der Waals surface area contributed by atoms with E-state index < -0.39 is 5.91 Å². The number of carbonyl (C=O) groups excluding carboxylic acids is 3. The second-order valence-corrected chi connectivity index (χ2v) is 4.41. The second kappa shape index (κ2) is 4.11. The molecule has 0 bridgehead atoms. The van der Waals surface area contributed by atoms with E-state index in [1.54, 1.807) is 4.90 Å². The van der Waals surface area contributed by atoms with Gasteiger partial charge >= 0.3 is 0 Å². The minimum Gasteiger partial charge on any atom is -0.369 e. The summed E-state index contributed by atoms with van der Waals surface area (Å²) in [5.41, 5.74) is 5.16. The van der Waals surface area contributed by atoms with E-state index >= 15 is 0 Å². The van der Waals surface area contributed by atoms with Crippen LogP contribution in [0.3, 0.4) is 0 Å². The van der Waals surface area contributed by atoms with E-state index in [4.69, 9.17) is 5.73 Å². The van der Waals surface area contributed by atoms with Gasteiger partial charge in [-0.15, -0.1) is 0 Å². The van der Waals surface area contributed by atoms with Crippen LogP contribution >= 0.6 is 0 Å². The quantitative estimate of drug-likeness (QED) is 0.618. The molecule has 2 aliphatic rings. The lowest BCUT2D eigenvalue weighted by atomic mass is 10.1. The zero-order valence-electron chi connectivity index (χ0n) is 8.94. The summed E-state index contributed by atoms with van der Waals surface area (Å²) in [6, 6.07) is 0.0306. The summed E-state index contributed by atoms with van der Waals surface area (Å²) in [7, 11) is 0. The molecule has 3 N–H and O–H groups in total. The van der Waals surface area contributed by atoms with Gasteiger partial charge in [0.15, 0.2) is 0 Å². The van der Waals surface area contributed by atoms with E-state index in [1.165, 1.54) is 0 Å². The van der Waals surface area contributed by atoms with Gasteiger partial charge in [-0.05, 0) is 6.42 Å². The molecule has 2 rings (SSSR count). The van der Waals surface area contributed by atoms with Crippen molar-refractivity contribution < 1.29 is 14.4 Å². The standard InChI is InChI=1S/C10H15N3O3/c11-10(16)6-3-9(15)13(4-6)5-7-1-2-8(14)12-7/h6-7H,1-5H2,(H2,11,16)(H,12,14)/t6?,7-/m1/s1. The summed E-state index contributed by atoms with van der Waals surface area (Å²) >= 11 is 0. The first-order chi connectivity index (χ1) is 7.56. The van der Waals surface area contributed by atoms with Crippen molar-refractivity contribution >= 4 is 17.7 Å². The molecule has 0 spiro atoms. The van der Waals surface area contributed by atoms with Crippen LogP contribution in [0.1, 0.15) is 19.3 Å². The molecule has 2 aliphatic heterocycles. The summed E-state index contributed by atoms with van der Waals surface area (Å²) < 4.78 is 0. The number of likely N-dealkylation sites (tertiary alicyclic amines) is 1. The average molecular weight is 225 g/mol. The van der Waals surface area contributed by atoms with Crippen LogP contribution in [0.15, 0.2) is 0 Å². The van der Waals surface area contributed by atoms with Crippen LogP contribution in [-0.2, 0) is 14.4 Å². The molecule has 0 aromatic rings. The molecule has 0 aliphatic carbocycles. The Bertz CT molecular complexity index is 342. The van der Waals surface area contributed by atoms with Gasteiger partial charge in [-0.1, -0.05) is 0 Å². The van der Waals surface area contributed by atoms with Gasteiger partial charge in [-0.25, -0.2) is 0 Å². The number of hydrogen-bond acceptors (Lipinski definition) is 3. The minimum atomic E-state index is -0.425. The van der Waals surface area contributed by atoms with Gasteiger partial charge in [-0.3, -0.25) is 14.4 Å². The highest BCUT2D eigenvalue weighted by Crippen LogP contribution is 2.19. The molecule has 0 radical (unpaired) electrons. The molecule has 6 nitrogen and oxygen atoms in total. The summed E-state index contributed by atoms with van der Waals surface area (Å²) in [6.45, 7) is 0.884. The van der Waals surface area contributed by atoms with Crippen molar-refractivity contribution in [2.45, 2.75) is 25.3 Å². The first-order valence-corrected chi connectivity index (χ1v) is 5.42. The monoisotopic (exact) mass is 225 g/mol. The van der Waals surface area contributed by atoms with Gasteiger partial charge in [0.25, 0.3) is 0 Å². The third-order valence-corrected chi connectivity index (χ3v) is 3.14. The molecule has 1 unspecified atom stereocenters. The Labute approximate surface area is 93.1 Å². The Balaban J connectivity index is 1.89. The molecule has 3 amide bonds. The van der Waals surface area contributed by atoms with Crippen LogP contribution in [0.5, 0.6) is 0 Å². The van der Waals surface area contributed by atoms with E-state index in [-0.39, 0.29) is 30.2 Å². The topological polar surface area (TPSA) is 92.5 Å². The van der Waals surface area contributed by atoms with Crippen LogP contribution < -0.4 is 11.1 Å². The lowest BCUT2D eigenvalue weighted by Crippen LogP contribution is -2.40. The number of rotatable bonds is 3. The largest absolute Gasteiger partial charge is 0.369 e. The maximum Gasteiger partial charge on any atom is 0.223 e. The second-order valence-electron chi connectivity index (χ2n) is 4.41. The van der Waals surface area contributed by atoms with E-state index in [0.717, 1.165) is 6.42 Å². The van der Waals surface area contributed by atoms with Gasteiger partial charge in [0, 0.05) is 32.0 Å². The molecule has 2 heterocycles. The molecule has 2 fully saturated rings. The highest BCUT2D eigenvalue weighted by molar-refractivity contribution is 5.88. The molecule has 0 aromatic heterocycles. The average Bonchev–Trinajstić information content (AvgIpc) is 2.75. The molecule has 2 saturated heterocycles. The fourth-order valence-corrected chi connectivity index (χ4v) is 2.22. The Morgan fingerprint density at radius 2 is 2.25 bits per heavy atom. The molecule has 88 valence electrons. The van der Waals surface area contributed by atoms with Gasteiger partial charge in [-0.2, -0.15) is 0 Å². The van der Waals surface area contributed by atoms with Crippen molar-refractivity contribution in [1.29, 1.82) is 0 Å². The summed E-state index contributed by atoms with van der Waals surface area (Å²) in [6.07, 6.45) is 1.48. The number of nitrogens with one attached hydrogen (secondary N) is 1. The number of carbonyl (C=O) groups is 3. The predicted octanol–water partition coefficient (Wildman–Crippen LogP) is -1.40. The number of hydrogen-bond donors (Lipinski definition) is 2. The lowest BCUT2D eigenvalue weighted by molar-refractivity contribution is -0.129. The highest BCUT2D eigenvalue weighted by atomic mass is 16.2. The number of nitrogens with zero attached hydrogens (tertiary/aromatic N) is 1. The van der Waals surface area contributed by atoms with Crippen molar-refractivity contribution in [3.05, 3.63) is 0 Å². The maximum atomic E-state index is 11.6. The normalized spacial score (nSPS) is 29.6. The fourth-order valence-electron chi connectivity index (χ4n) is 2.22. The Kier molecular flexibility index (Phi) is 2.80. The van der Waals surface area contributed by atoms with Gasteiger partial charge < -0.3 is 16.0 Å². The lowest BCUT2D eigenvalue weighted by Gasteiger charge is -2.20. The van der Waals surface area contributed by atoms with E-state index in [0.29, 0.717) is 19.5 Å². The van der Waals surface area contributed by atoms with Crippen LogP contribution in [-0.4, -0.2) is 41.8 Å². The van der Waals surface area contributed by atoms with Gasteiger partial charge in [0.1, 0.15) is 0 Å². The number of primary amides is 1. The molecular formula is C10H15N3O3. The summed E-state index contributed by atoms with van der Waals surface area (Å²) in [5.74, 6) is -0.816. The Morgan fingerprint density at radius 1 is 1.50 bits per heavy atom. The molecule has 16 heavy (non-hydrogen) atoms. The molecule has 6 heteroatoms. The molecule has 2 atom stereocenters. The van der Waals surface area contributed by atoms with Gasteiger partial charge in [0.2, 0.25) is 17.7 Å². The van der Waals surface area contributed by atoms with Crippen molar-refractivity contribution in [3.63, 3.8) is 0 Å². The third-order valence-electron chi connectivity index (χ3n) is 3.14.